The SMILES string of the molecule is COc1ccc(C(=O)N/N=C2\CCCc3oc(C(=O)NNC(=O)c4ccc(Br)cc4)c(C)c32)cc1. The number of amides is 3. The molecule has 0 bridgehead atoms. The lowest BCUT2D eigenvalue weighted by Crippen LogP contribution is -2.41. The number of hydrogen-bond acceptors (Lipinski definition) is 6. The van der Waals surface area contributed by atoms with Crippen molar-refractivity contribution >= 4 is 39.4 Å². The van der Waals surface area contributed by atoms with E-state index in [2.05, 4.69) is 37.3 Å². The molecule has 4 rings (SSSR count). The summed E-state index contributed by atoms with van der Waals surface area (Å²) in [7, 11) is 1.56. The molecule has 0 aliphatic heterocycles. The lowest BCUT2D eigenvalue weighted by molar-refractivity contribution is 0.0829. The molecular formula is C25H23BrN4O5. The summed E-state index contributed by atoms with van der Waals surface area (Å²) in [5, 5.41) is 4.32. The summed E-state index contributed by atoms with van der Waals surface area (Å²) in [5.74, 6) is -0.0373. The molecule has 0 fully saturated rings. The first-order valence-electron chi connectivity index (χ1n) is 10.9. The highest BCUT2D eigenvalue weighted by molar-refractivity contribution is 9.10. The van der Waals surface area contributed by atoms with Crippen LogP contribution in [0.15, 0.2) is 62.5 Å². The van der Waals surface area contributed by atoms with Crippen LogP contribution in [0.2, 0.25) is 0 Å². The average molecular weight is 539 g/mol. The second kappa shape index (κ2) is 10.6. The third-order valence-electron chi connectivity index (χ3n) is 5.57. The molecule has 180 valence electrons. The number of rotatable bonds is 5. The molecular weight excluding hydrogens is 516 g/mol. The summed E-state index contributed by atoms with van der Waals surface area (Å²) in [5.41, 5.74) is 10.1. The third kappa shape index (κ3) is 5.43. The Kier molecular flexibility index (Phi) is 7.31. The van der Waals surface area contributed by atoms with Gasteiger partial charge in [-0.15, -0.1) is 0 Å². The number of hydrazine groups is 1. The standard InChI is InChI=1S/C25H23BrN4O5/c1-14-21-19(27-28-23(31)16-8-12-18(34-2)13-9-16)4-3-5-20(21)35-22(14)25(33)30-29-24(32)15-6-10-17(26)11-7-15/h6-13H,3-5H2,1-2H3,(H,28,31)(H,29,32)(H,30,33)/b27-19+. The highest BCUT2D eigenvalue weighted by Gasteiger charge is 2.28. The van der Waals surface area contributed by atoms with Crippen molar-refractivity contribution in [2.75, 3.05) is 7.11 Å². The average Bonchev–Trinajstić information content (AvgIpc) is 3.23. The van der Waals surface area contributed by atoms with Gasteiger partial charge in [0.1, 0.15) is 11.5 Å². The third-order valence-corrected chi connectivity index (χ3v) is 6.10. The number of carbonyl (C=O) groups is 3. The highest BCUT2D eigenvalue weighted by Crippen LogP contribution is 2.29. The smallest absolute Gasteiger partial charge is 0.305 e. The Bertz CT molecular complexity index is 1300. The molecule has 9 nitrogen and oxygen atoms in total. The van der Waals surface area contributed by atoms with Crippen LogP contribution in [0.5, 0.6) is 5.75 Å². The Morgan fingerprint density at radius 2 is 1.54 bits per heavy atom. The van der Waals surface area contributed by atoms with Crippen LogP contribution in [0, 0.1) is 6.92 Å². The van der Waals surface area contributed by atoms with Gasteiger partial charge in [0, 0.05) is 33.1 Å². The number of fused-ring (bicyclic) bond motifs is 1. The van der Waals surface area contributed by atoms with Gasteiger partial charge in [-0.1, -0.05) is 15.9 Å². The number of halogens is 1. The maximum Gasteiger partial charge on any atom is 0.305 e. The Morgan fingerprint density at radius 1 is 0.914 bits per heavy atom. The molecule has 3 amide bonds. The molecule has 0 spiro atoms. The predicted octanol–water partition coefficient (Wildman–Crippen LogP) is 3.90. The van der Waals surface area contributed by atoms with E-state index >= 15 is 0 Å². The van der Waals surface area contributed by atoms with Crippen molar-refractivity contribution in [3.05, 3.63) is 86.8 Å². The van der Waals surface area contributed by atoms with Gasteiger partial charge in [-0.25, -0.2) is 5.43 Å². The number of carbonyl (C=O) groups excluding carboxylic acids is 3. The van der Waals surface area contributed by atoms with E-state index in [9.17, 15) is 14.4 Å². The number of ether oxygens (including phenoxy) is 1. The van der Waals surface area contributed by atoms with Gasteiger partial charge in [0.2, 0.25) is 0 Å². The molecule has 0 unspecified atom stereocenters. The van der Waals surface area contributed by atoms with E-state index in [0.29, 0.717) is 52.3 Å². The van der Waals surface area contributed by atoms with Crippen molar-refractivity contribution in [3.8, 4) is 5.75 Å². The number of hydrogen-bond donors (Lipinski definition) is 3. The molecule has 1 aromatic heterocycles. The zero-order chi connectivity index (χ0) is 24.9. The van der Waals surface area contributed by atoms with E-state index in [1.165, 1.54) is 0 Å². The van der Waals surface area contributed by atoms with E-state index < -0.39 is 11.8 Å². The van der Waals surface area contributed by atoms with Crippen LogP contribution in [0.3, 0.4) is 0 Å². The number of methoxy groups -OCH3 is 1. The van der Waals surface area contributed by atoms with Gasteiger partial charge in [0.05, 0.1) is 12.8 Å². The molecule has 35 heavy (non-hydrogen) atoms. The quantitative estimate of drug-likeness (QED) is 0.425. The largest absolute Gasteiger partial charge is 0.497 e. The van der Waals surface area contributed by atoms with E-state index in [0.717, 1.165) is 10.9 Å². The first-order valence-corrected chi connectivity index (χ1v) is 11.7. The van der Waals surface area contributed by atoms with Gasteiger partial charge < -0.3 is 9.15 Å². The molecule has 10 heteroatoms. The Hall–Kier alpha value is -3.92. The lowest BCUT2D eigenvalue weighted by atomic mass is 9.93. The van der Waals surface area contributed by atoms with Gasteiger partial charge in [-0.05, 0) is 68.3 Å². The number of benzene rings is 2. The maximum absolute atomic E-state index is 12.7. The molecule has 2 aromatic carbocycles. The molecule has 1 aliphatic carbocycles. The van der Waals surface area contributed by atoms with Gasteiger partial charge >= 0.3 is 5.91 Å². The van der Waals surface area contributed by atoms with Crippen molar-refractivity contribution in [2.45, 2.75) is 26.2 Å². The van der Waals surface area contributed by atoms with Crippen molar-refractivity contribution < 1.29 is 23.5 Å². The highest BCUT2D eigenvalue weighted by atomic mass is 79.9. The monoisotopic (exact) mass is 538 g/mol. The molecule has 0 atom stereocenters. The summed E-state index contributed by atoms with van der Waals surface area (Å²) < 4.78 is 11.8. The molecule has 3 N–H and O–H groups in total. The summed E-state index contributed by atoms with van der Waals surface area (Å²) in [4.78, 5) is 37.5. The summed E-state index contributed by atoms with van der Waals surface area (Å²) >= 11 is 3.31. The van der Waals surface area contributed by atoms with Crippen molar-refractivity contribution in [1.29, 1.82) is 0 Å². The zero-order valence-electron chi connectivity index (χ0n) is 19.1. The Morgan fingerprint density at radius 3 is 2.23 bits per heavy atom. The molecule has 1 aliphatic rings. The molecule has 0 saturated carbocycles. The minimum absolute atomic E-state index is 0.0854. The van der Waals surface area contributed by atoms with Crippen LogP contribution >= 0.6 is 15.9 Å². The van der Waals surface area contributed by atoms with E-state index in [-0.39, 0.29) is 11.7 Å². The molecule has 0 radical (unpaired) electrons. The van der Waals surface area contributed by atoms with Crippen LogP contribution in [-0.2, 0) is 6.42 Å². The van der Waals surface area contributed by atoms with E-state index in [1.807, 2.05) is 0 Å². The number of nitrogens with zero attached hydrogens (tertiary/aromatic N) is 1. The van der Waals surface area contributed by atoms with Crippen molar-refractivity contribution in [1.82, 2.24) is 16.3 Å². The van der Waals surface area contributed by atoms with Gasteiger partial charge in [0.15, 0.2) is 5.76 Å². The van der Waals surface area contributed by atoms with Crippen molar-refractivity contribution in [2.24, 2.45) is 5.10 Å². The minimum Gasteiger partial charge on any atom is -0.497 e. The summed E-state index contributed by atoms with van der Waals surface area (Å²) in [6, 6.07) is 13.4. The number of furan rings is 1. The zero-order valence-corrected chi connectivity index (χ0v) is 20.7. The number of hydrazone groups is 1. The topological polar surface area (TPSA) is 122 Å². The van der Waals surface area contributed by atoms with Gasteiger partial charge in [-0.3, -0.25) is 25.2 Å². The van der Waals surface area contributed by atoms with Gasteiger partial charge in [0.25, 0.3) is 11.8 Å². The first kappa shape index (κ1) is 24.2. The van der Waals surface area contributed by atoms with E-state index in [4.69, 9.17) is 9.15 Å². The fourth-order valence-electron chi connectivity index (χ4n) is 3.77. The Labute approximate surface area is 210 Å². The second-order valence-electron chi connectivity index (χ2n) is 7.85. The van der Waals surface area contributed by atoms with Gasteiger partial charge in [-0.2, -0.15) is 5.10 Å². The maximum atomic E-state index is 12.7. The molecule has 0 saturated heterocycles. The van der Waals surface area contributed by atoms with Crippen LogP contribution in [0.4, 0.5) is 0 Å². The number of aryl methyl sites for hydroxylation is 1. The molecule has 3 aromatic rings. The first-order chi connectivity index (χ1) is 16.9. The van der Waals surface area contributed by atoms with Crippen LogP contribution in [-0.4, -0.2) is 30.5 Å². The summed E-state index contributed by atoms with van der Waals surface area (Å²) in [6.07, 6.45) is 2.02. The van der Waals surface area contributed by atoms with E-state index in [1.54, 1.807) is 62.6 Å². The van der Waals surface area contributed by atoms with Crippen molar-refractivity contribution in [3.63, 3.8) is 0 Å². The van der Waals surface area contributed by atoms with Crippen LogP contribution in [0.1, 0.15) is 61.0 Å². The van der Waals surface area contributed by atoms with Crippen LogP contribution in [0.25, 0.3) is 0 Å². The number of nitrogens with one attached hydrogen (secondary N) is 3. The fraction of sp³-hybridized carbons (Fsp3) is 0.200. The second-order valence-corrected chi connectivity index (χ2v) is 8.77. The minimum atomic E-state index is -0.580. The predicted molar refractivity (Wildman–Crippen MR) is 132 cm³/mol. The normalized spacial score (nSPS) is 13.6. The summed E-state index contributed by atoms with van der Waals surface area (Å²) in [6.45, 7) is 1.75. The fourth-order valence-corrected chi connectivity index (χ4v) is 4.03. The molecule has 1 heterocycles. The Balaban J connectivity index is 1.46. The lowest BCUT2D eigenvalue weighted by Gasteiger charge is -2.13. The van der Waals surface area contributed by atoms with Crippen LogP contribution < -0.4 is 21.0 Å².